The summed E-state index contributed by atoms with van der Waals surface area (Å²) < 4.78 is 0.933. The van der Waals surface area contributed by atoms with E-state index >= 15 is 0 Å². The van der Waals surface area contributed by atoms with Crippen LogP contribution in [0.4, 0.5) is 0 Å². The Morgan fingerprint density at radius 1 is 1.44 bits per heavy atom. The van der Waals surface area contributed by atoms with E-state index in [1.165, 1.54) is 22.5 Å². The highest BCUT2D eigenvalue weighted by Gasteiger charge is 2.06. The third-order valence-electron chi connectivity index (χ3n) is 2.37. The van der Waals surface area contributed by atoms with Gasteiger partial charge >= 0.3 is 0 Å². The molecule has 2 aromatic heterocycles. The molecular formula is C12H16N4S2. The fraction of sp³-hybridized carbons (Fsp3) is 0.417. The first-order chi connectivity index (χ1) is 8.79. The molecule has 0 spiro atoms. The molecule has 2 rings (SSSR count). The molecule has 1 N–H and O–H groups in total. The summed E-state index contributed by atoms with van der Waals surface area (Å²) >= 11 is 3.11. The van der Waals surface area contributed by atoms with Gasteiger partial charge in [0.2, 0.25) is 0 Å². The molecule has 0 aliphatic carbocycles. The highest BCUT2D eigenvalue weighted by Crippen LogP contribution is 2.29. The summed E-state index contributed by atoms with van der Waals surface area (Å²) in [6, 6.07) is 2.18. The number of pyridine rings is 1. The summed E-state index contributed by atoms with van der Waals surface area (Å²) in [5, 5.41) is 12.2. The lowest BCUT2D eigenvalue weighted by molar-refractivity contribution is 0.672. The minimum atomic E-state index is 0.880. The molecule has 0 saturated carbocycles. The van der Waals surface area contributed by atoms with Gasteiger partial charge in [0.25, 0.3) is 0 Å². The standard InChI is InChI=1S/C12H16N4S2/c1-3-4-13-6-10-5-9(2)11(14-7-10)18-12-16-15-8-17-12/h5,7-8,13H,3-4,6H2,1-2H3. The second-order valence-corrected chi connectivity index (χ2v) is 6.02. The molecule has 2 aromatic rings. The lowest BCUT2D eigenvalue weighted by Gasteiger charge is -2.06. The summed E-state index contributed by atoms with van der Waals surface area (Å²) in [5.74, 6) is 0. The Balaban J connectivity index is 2.01. The third kappa shape index (κ3) is 3.76. The van der Waals surface area contributed by atoms with Crippen LogP contribution in [-0.2, 0) is 6.54 Å². The fourth-order valence-corrected chi connectivity index (χ4v) is 2.94. The van der Waals surface area contributed by atoms with E-state index in [0.29, 0.717) is 0 Å². The van der Waals surface area contributed by atoms with Crippen LogP contribution in [0.3, 0.4) is 0 Å². The van der Waals surface area contributed by atoms with Crippen molar-refractivity contribution in [1.29, 1.82) is 0 Å². The molecule has 18 heavy (non-hydrogen) atoms. The van der Waals surface area contributed by atoms with Crippen molar-refractivity contribution in [2.75, 3.05) is 6.54 Å². The smallest absolute Gasteiger partial charge is 0.180 e. The van der Waals surface area contributed by atoms with Crippen molar-refractivity contribution < 1.29 is 0 Å². The Morgan fingerprint density at radius 3 is 3.00 bits per heavy atom. The highest BCUT2D eigenvalue weighted by atomic mass is 32.2. The Bertz CT molecular complexity index is 485. The van der Waals surface area contributed by atoms with E-state index in [9.17, 15) is 0 Å². The van der Waals surface area contributed by atoms with Gasteiger partial charge in [0.05, 0.1) is 0 Å². The van der Waals surface area contributed by atoms with Crippen LogP contribution < -0.4 is 5.32 Å². The van der Waals surface area contributed by atoms with Crippen LogP contribution in [0.2, 0.25) is 0 Å². The summed E-state index contributed by atoms with van der Waals surface area (Å²) in [6.45, 7) is 6.17. The van der Waals surface area contributed by atoms with E-state index in [-0.39, 0.29) is 0 Å². The lowest BCUT2D eigenvalue weighted by Crippen LogP contribution is -2.14. The molecule has 4 nitrogen and oxygen atoms in total. The number of aromatic nitrogens is 3. The molecule has 0 saturated heterocycles. The molecule has 2 heterocycles. The van der Waals surface area contributed by atoms with E-state index in [0.717, 1.165) is 28.9 Å². The summed E-state index contributed by atoms with van der Waals surface area (Å²) in [7, 11) is 0. The van der Waals surface area contributed by atoms with Gasteiger partial charge in [-0.3, -0.25) is 0 Å². The molecule has 0 fully saturated rings. The van der Waals surface area contributed by atoms with Crippen LogP contribution in [0, 0.1) is 6.92 Å². The molecule has 0 bridgehead atoms. The van der Waals surface area contributed by atoms with Gasteiger partial charge in [0, 0.05) is 12.7 Å². The van der Waals surface area contributed by atoms with Crippen molar-refractivity contribution in [3.8, 4) is 0 Å². The average molecular weight is 280 g/mol. The van der Waals surface area contributed by atoms with Crippen LogP contribution in [0.15, 0.2) is 27.1 Å². The number of aryl methyl sites for hydroxylation is 1. The average Bonchev–Trinajstić information content (AvgIpc) is 2.86. The van der Waals surface area contributed by atoms with Gasteiger partial charge in [-0.25, -0.2) is 4.98 Å². The van der Waals surface area contributed by atoms with Crippen molar-refractivity contribution in [1.82, 2.24) is 20.5 Å². The minimum absolute atomic E-state index is 0.880. The quantitative estimate of drug-likeness (QED) is 0.825. The number of nitrogens with one attached hydrogen (secondary N) is 1. The normalized spacial score (nSPS) is 10.8. The van der Waals surface area contributed by atoms with Gasteiger partial charge in [-0.15, -0.1) is 10.2 Å². The Labute approximate surface area is 115 Å². The number of hydrogen-bond donors (Lipinski definition) is 1. The predicted octanol–water partition coefficient (Wildman–Crippen LogP) is 2.89. The highest BCUT2D eigenvalue weighted by molar-refractivity contribution is 8.01. The minimum Gasteiger partial charge on any atom is -0.313 e. The van der Waals surface area contributed by atoms with Crippen LogP contribution in [0.1, 0.15) is 24.5 Å². The zero-order valence-corrected chi connectivity index (χ0v) is 12.1. The molecule has 0 amide bonds. The number of hydrogen-bond acceptors (Lipinski definition) is 6. The van der Waals surface area contributed by atoms with Crippen LogP contribution in [0.25, 0.3) is 0 Å². The maximum absolute atomic E-state index is 4.49. The summed E-state index contributed by atoms with van der Waals surface area (Å²) in [4.78, 5) is 4.49. The first-order valence-corrected chi connectivity index (χ1v) is 7.59. The van der Waals surface area contributed by atoms with Gasteiger partial charge in [-0.1, -0.05) is 24.3 Å². The molecule has 6 heteroatoms. The Hall–Kier alpha value is -0.980. The monoisotopic (exact) mass is 280 g/mol. The number of nitrogens with zero attached hydrogens (tertiary/aromatic N) is 3. The van der Waals surface area contributed by atoms with Gasteiger partial charge in [0.1, 0.15) is 10.5 Å². The van der Waals surface area contributed by atoms with E-state index in [4.69, 9.17) is 0 Å². The molecule has 0 radical (unpaired) electrons. The van der Waals surface area contributed by atoms with Crippen molar-refractivity contribution in [2.24, 2.45) is 0 Å². The molecule has 0 aromatic carbocycles. The SMILES string of the molecule is CCCNCc1cnc(Sc2nncs2)c(C)c1. The Kier molecular flexibility index (Phi) is 5.10. The largest absolute Gasteiger partial charge is 0.313 e. The molecule has 0 aliphatic heterocycles. The molecule has 0 unspecified atom stereocenters. The van der Waals surface area contributed by atoms with Gasteiger partial charge < -0.3 is 5.32 Å². The maximum Gasteiger partial charge on any atom is 0.180 e. The van der Waals surface area contributed by atoms with Gasteiger partial charge in [-0.05, 0) is 42.8 Å². The zero-order valence-electron chi connectivity index (χ0n) is 10.5. The summed E-state index contributed by atoms with van der Waals surface area (Å²) in [6.07, 6.45) is 3.08. The molecule has 0 atom stereocenters. The summed E-state index contributed by atoms with van der Waals surface area (Å²) in [5.41, 5.74) is 4.15. The predicted molar refractivity (Wildman–Crippen MR) is 75.0 cm³/mol. The lowest BCUT2D eigenvalue weighted by atomic mass is 10.2. The van der Waals surface area contributed by atoms with E-state index in [1.807, 2.05) is 6.20 Å². The van der Waals surface area contributed by atoms with E-state index in [1.54, 1.807) is 17.3 Å². The van der Waals surface area contributed by atoms with Crippen LogP contribution in [-0.4, -0.2) is 21.7 Å². The topological polar surface area (TPSA) is 50.7 Å². The second kappa shape index (κ2) is 6.82. The van der Waals surface area contributed by atoms with Crippen LogP contribution in [0.5, 0.6) is 0 Å². The van der Waals surface area contributed by atoms with Crippen molar-refractivity contribution in [2.45, 2.75) is 36.2 Å². The maximum atomic E-state index is 4.49. The van der Waals surface area contributed by atoms with Crippen molar-refractivity contribution >= 4 is 23.1 Å². The second-order valence-electron chi connectivity index (χ2n) is 3.95. The molecule has 0 aliphatic rings. The van der Waals surface area contributed by atoms with E-state index < -0.39 is 0 Å². The molecular weight excluding hydrogens is 264 g/mol. The van der Waals surface area contributed by atoms with Gasteiger partial charge in [0.15, 0.2) is 4.34 Å². The first kappa shape index (κ1) is 13.5. The zero-order chi connectivity index (χ0) is 12.8. The molecule has 96 valence electrons. The van der Waals surface area contributed by atoms with Gasteiger partial charge in [-0.2, -0.15) is 0 Å². The number of rotatable bonds is 6. The first-order valence-electron chi connectivity index (χ1n) is 5.90. The van der Waals surface area contributed by atoms with Crippen molar-refractivity contribution in [3.05, 3.63) is 28.9 Å². The third-order valence-corrected chi connectivity index (χ3v) is 4.27. The fourth-order valence-electron chi connectivity index (χ4n) is 1.52. The van der Waals surface area contributed by atoms with E-state index in [2.05, 4.69) is 40.4 Å². The van der Waals surface area contributed by atoms with Crippen LogP contribution >= 0.6 is 23.1 Å². The Morgan fingerprint density at radius 2 is 2.33 bits per heavy atom. The van der Waals surface area contributed by atoms with Crippen molar-refractivity contribution in [3.63, 3.8) is 0 Å².